The summed E-state index contributed by atoms with van der Waals surface area (Å²) in [5.41, 5.74) is 1.59. The fourth-order valence-corrected chi connectivity index (χ4v) is 1.17. The quantitative estimate of drug-likeness (QED) is 0.783. The Labute approximate surface area is 84.2 Å². The third-order valence-corrected chi connectivity index (χ3v) is 2.31. The molecule has 0 heterocycles. The van der Waals surface area contributed by atoms with Crippen LogP contribution in [0.3, 0.4) is 0 Å². The largest absolute Gasteiger partial charge is 0.394 e. The van der Waals surface area contributed by atoms with Crippen LogP contribution >= 0.6 is 0 Å². The van der Waals surface area contributed by atoms with Gasteiger partial charge in [-0.25, -0.2) is 0 Å². The first kappa shape index (κ1) is 10.6. The van der Waals surface area contributed by atoms with Crippen molar-refractivity contribution in [1.29, 1.82) is 5.26 Å². The number of hydrogen-bond donors (Lipinski definition) is 1. The molecular formula is C11H14N2O. The van der Waals surface area contributed by atoms with E-state index in [1.54, 1.807) is 6.07 Å². The highest BCUT2D eigenvalue weighted by molar-refractivity contribution is 5.51. The smallest absolute Gasteiger partial charge is 0.0992 e. The van der Waals surface area contributed by atoms with E-state index in [0.717, 1.165) is 5.69 Å². The zero-order valence-electron chi connectivity index (χ0n) is 8.44. The maximum absolute atomic E-state index is 8.99. The molecule has 0 aliphatic carbocycles. The monoisotopic (exact) mass is 190 g/mol. The zero-order chi connectivity index (χ0) is 10.6. The number of likely N-dealkylation sites (N-methyl/N-ethyl adjacent to an activating group) is 1. The van der Waals surface area contributed by atoms with Gasteiger partial charge in [0, 0.05) is 18.8 Å². The van der Waals surface area contributed by atoms with Gasteiger partial charge in [-0.1, -0.05) is 6.07 Å². The normalized spacial score (nSPS) is 11.9. The number of anilines is 1. The van der Waals surface area contributed by atoms with Crippen molar-refractivity contribution in [3.05, 3.63) is 29.8 Å². The van der Waals surface area contributed by atoms with Crippen LogP contribution in [0.25, 0.3) is 0 Å². The first-order valence-corrected chi connectivity index (χ1v) is 4.53. The summed E-state index contributed by atoms with van der Waals surface area (Å²) in [6.45, 7) is 2.03. The van der Waals surface area contributed by atoms with Crippen LogP contribution in [0.2, 0.25) is 0 Å². The van der Waals surface area contributed by atoms with Gasteiger partial charge in [0.1, 0.15) is 0 Å². The van der Waals surface area contributed by atoms with Crippen molar-refractivity contribution in [2.45, 2.75) is 13.0 Å². The SMILES string of the molecule is CC(CO)N(C)c1cccc(C#N)c1. The van der Waals surface area contributed by atoms with Crippen LogP contribution < -0.4 is 4.90 Å². The molecule has 1 aromatic rings. The lowest BCUT2D eigenvalue weighted by Crippen LogP contribution is -2.31. The molecule has 14 heavy (non-hydrogen) atoms. The molecule has 1 N–H and O–H groups in total. The predicted molar refractivity (Wildman–Crippen MR) is 56.1 cm³/mol. The number of benzene rings is 1. The molecule has 3 heteroatoms. The second-order valence-electron chi connectivity index (χ2n) is 3.30. The van der Waals surface area contributed by atoms with E-state index in [0.29, 0.717) is 5.56 Å². The molecule has 1 atom stereocenters. The van der Waals surface area contributed by atoms with Crippen LogP contribution in [-0.4, -0.2) is 24.8 Å². The Morgan fingerprint density at radius 1 is 1.57 bits per heavy atom. The molecule has 0 bridgehead atoms. The van der Waals surface area contributed by atoms with Crippen LogP contribution in [-0.2, 0) is 0 Å². The summed E-state index contributed by atoms with van der Waals surface area (Å²) in [6, 6.07) is 9.49. The molecule has 0 radical (unpaired) electrons. The molecule has 74 valence electrons. The summed E-state index contributed by atoms with van der Waals surface area (Å²) in [5.74, 6) is 0. The zero-order valence-corrected chi connectivity index (χ0v) is 8.44. The van der Waals surface area contributed by atoms with E-state index in [1.807, 2.05) is 37.1 Å². The van der Waals surface area contributed by atoms with Crippen LogP contribution in [0.4, 0.5) is 5.69 Å². The summed E-state index contributed by atoms with van der Waals surface area (Å²) >= 11 is 0. The summed E-state index contributed by atoms with van der Waals surface area (Å²) < 4.78 is 0. The Morgan fingerprint density at radius 2 is 2.29 bits per heavy atom. The second kappa shape index (κ2) is 4.64. The average molecular weight is 190 g/mol. The lowest BCUT2D eigenvalue weighted by molar-refractivity contribution is 0.270. The summed E-state index contributed by atoms with van der Waals surface area (Å²) in [6.07, 6.45) is 0. The highest BCUT2D eigenvalue weighted by atomic mass is 16.3. The molecule has 0 saturated carbocycles. The maximum atomic E-state index is 8.99. The van der Waals surface area contributed by atoms with E-state index >= 15 is 0 Å². The molecule has 0 aliphatic rings. The first-order chi connectivity index (χ1) is 6.69. The first-order valence-electron chi connectivity index (χ1n) is 4.53. The van der Waals surface area contributed by atoms with Crippen LogP contribution in [0.1, 0.15) is 12.5 Å². The lowest BCUT2D eigenvalue weighted by Gasteiger charge is -2.25. The molecule has 0 amide bonds. The predicted octanol–water partition coefficient (Wildman–Crippen LogP) is 1.38. The van der Waals surface area contributed by atoms with E-state index in [9.17, 15) is 0 Å². The molecule has 0 fully saturated rings. The van der Waals surface area contributed by atoms with Crippen molar-refractivity contribution in [2.24, 2.45) is 0 Å². The van der Waals surface area contributed by atoms with Gasteiger partial charge in [-0.05, 0) is 25.1 Å². The van der Waals surface area contributed by atoms with Gasteiger partial charge in [-0.3, -0.25) is 0 Å². The third kappa shape index (κ3) is 2.24. The van der Waals surface area contributed by atoms with E-state index in [2.05, 4.69) is 6.07 Å². The number of hydrogen-bond acceptors (Lipinski definition) is 3. The van der Waals surface area contributed by atoms with Gasteiger partial charge in [0.15, 0.2) is 0 Å². The van der Waals surface area contributed by atoms with E-state index in [1.165, 1.54) is 0 Å². The Morgan fingerprint density at radius 3 is 2.86 bits per heavy atom. The molecule has 3 nitrogen and oxygen atoms in total. The number of aliphatic hydroxyl groups is 1. The standard InChI is InChI=1S/C11H14N2O/c1-9(8-14)13(2)11-5-3-4-10(6-11)7-12/h3-6,9,14H,8H2,1-2H3. The van der Waals surface area contributed by atoms with Crippen molar-refractivity contribution >= 4 is 5.69 Å². The van der Waals surface area contributed by atoms with Crippen molar-refractivity contribution in [3.63, 3.8) is 0 Å². The number of aliphatic hydroxyl groups excluding tert-OH is 1. The van der Waals surface area contributed by atoms with Crippen molar-refractivity contribution in [3.8, 4) is 6.07 Å². The summed E-state index contributed by atoms with van der Waals surface area (Å²) in [7, 11) is 1.90. The Bertz CT molecular complexity index is 343. The molecule has 0 aliphatic heterocycles. The molecule has 1 unspecified atom stereocenters. The average Bonchev–Trinajstić information content (AvgIpc) is 2.27. The minimum Gasteiger partial charge on any atom is -0.394 e. The highest BCUT2D eigenvalue weighted by Crippen LogP contribution is 2.16. The molecule has 1 aromatic carbocycles. The molecule has 0 spiro atoms. The van der Waals surface area contributed by atoms with E-state index in [-0.39, 0.29) is 12.6 Å². The Kier molecular flexibility index (Phi) is 3.49. The molecular weight excluding hydrogens is 176 g/mol. The molecule has 1 rings (SSSR count). The lowest BCUT2D eigenvalue weighted by atomic mass is 10.2. The number of nitriles is 1. The van der Waals surface area contributed by atoms with Crippen molar-refractivity contribution in [1.82, 2.24) is 0 Å². The van der Waals surface area contributed by atoms with Crippen LogP contribution in [0, 0.1) is 11.3 Å². The van der Waals surface area contributed by atoms with Crippen LogP contribution in [0.15, 0.2) is 24.3 Å². The van der Waals surface area contributed by atoms with Crippen molar-refractivity contribution < 1.29 is 5.11 Å². The van der Waals surface area contributed by atoms with Gasteiger partial charge in [-0.2, -0.15) is 5.26 Å². The summed E-state index contributed by atoms with van der Waals surface area (Å²) in [4.78, 5) is 1.95. The topological polar surface area (TPSA) is 47.3 Å². The van der Waals surface area contributed by atoms with Gasteiger partial charge < -0.3 is 10.0 Å². The maximum Gasteiger partial charge on any atom is 0.0992 e. The number of nitrogens with zero attached hydrogens (tertiary/aromatic N) is 2. The molecule has 0 saturated heterocycles. The third-order valence-electron chi connectivity index (χ3n) is 2.31. The van der Waals surface area contributed by atoms with Crippen molar-refractivity contribution in [2.75, 3.05) is 18.6 Å². The van der Waals surface area contributed by atoms with Gasteiger partial charge in [-0.15, -0.1) is 0 Å². The second-order valence-corrected chi connectivity index (χ2v) is 3.30. The molecule has 0 aromatic heterocycles. The number of rotatable bonds is 3. The Balaban J connectivity index is 2.91. The van der Waals surface area contributed by atoms with E-state index < -0.39 is 0 Å². The van der Waals surface area contributed by atoms with Gasteiger partial charge >= 0.3 is 0 Å². The minimum atomic E-state index is 0.0592. The fourth-order valence-electron chi connectivity index (χ4n) is 1.17. The van der Waals surface area contributed by atoms with Gasteiger partial charge in [0.2, 0.25) is 0 Å². The van der Waals surface area contributed by atoms with E-state index in [4.69, 9.17) is 10.4 Å². The summed E-state index contributed by atoms with van der Waals surface area (Å²) in [5, 5.41) is 17.7. The van der Waals surface area contributed by atoms with Gasteiger partial charge in [0.25, 0.3) is 0 Å². The van der Waals surface area contributed by atoms with Gasteiger partial charge in [0.05, 0.1) is 18.2 Å². The highest BCUT2D eigenvalue weighted by Gasteiger charge is 2.08. The van der Waals surface area contributed by atoms with Crippen LogP contribution in [0.5, 0.6) is 0 Å². The fraction of sp³-hybridized carbons (Fsp3) is 0.364. The Hall–Kier alpha value is -1.53. The minimum absolute atomic E-state index is 0.0592.